The van der Waals surface area contributed by atoms with Gasteiger partial charge in [0.2, 0.25) is 5.88 Å². The molecule has 0 spiro atoms. The van der Waals surface area contributed by atoms with Gasteiger partial charge in [-0.2, -0.15) is 10.1 Å². The number of hydrogen-bond donors (Lipinski definition) is 1. The van der Waals surface area contributed by atoms with Gasteiger partial charge in [-0.15, -0.1) is 0 Å². The average Bonchev–Trinajstić information content (AvgIpc) is 3.40. The van der Waals surface area contributed by atoms with E-state index in [2.05, 4.69) is 20.4 Å². The number of nitrogens with zero attached hydrogens (tertiary/aromatic N) is 6. The molecule has 0 bridgehead atoms. The smallest absolute Gasteiger partial charge is 0.240 e. The second kappa shape index (κ2) is 8.14. The van der Waals surface area contributed by atoms with Crippen LogP contribution in [0.4, 0.5) is 11.5 Å². The van der Waals surface area contributed by atoms with E-state index in [-0.39, 0.29) is 0 Å². The third-order valence-electron chi connectivity index (χ3n) is 4.83. The van der Waals surface area contributed by atoms with Crippen molar-refractivity contribution in [3.8, 4) is 22.8 Å². The van der Waals surface area contributed by atoms with Crippen LogP contribution in [0.2, 0.25) is 10.2 Å². The molecule has 0 saturated heterocycles. The summed E-state index contributed by atoms with van der Waals surface area (Å²) in [5.41, 5.74) is 4.39. The average molecular weight is 466 g/mol. The molecular formula is C22H17Cl2N7O. The molecule has 4 heterocycles. The molecule has 0 fully saturated rings. The van der Waals surface area contributed by atoms with Gasteiger partial charge < -0.3 is 14.6 Å². The molecular weight excluding hydrogens is 449 g/mol. The van der Waals surface area contributed by atoms with Gasteiger partial charge in [-0.1, -0.05) is 41.4 Å². The topological polar surface area (TPSA) is 82.2 Å². The molecule has 0 aliphatic carbocycles. The normalized spacial score (nSPS) is 11.1. The van der Waals surface area contributed by atoms with Gasteiger partial charge in [-0.25, -0.2) is 14.5 Å². The Morgan fingerprint density at radius 2 is 1.88 bits per heavy atom. The Kier molecular flexibility index (Phi) is 5.16. The number of hydrogen-bond acceptors (Lipinski definition) is 6. The van der Waals surface area contributed by atoms with Gasteiger partial charge >= 0.3 is 0 Å². The number of imidazole rings is 2. The Balaban J connectivity index is 1.54. The van der Waals surface area contributed by atoms with Crippen molar-refractivity contribution in [3.05, 3.63) is 77.1 Å². The minimum absolute atomic E-state index is 0.306. The molecule has 0 amide bonds. The SMILES string of the molecule is COc1nc(Nc2cc(Cl)nn3cc(-c4ccccc4Cl)nc23)ccc1-n1cnc(C)c1. The highest BCUT2D eigenvalue weighted by molar-refractivity contribution is 6.33. The molecule has 0 atom stereocenters. The van der Waals surface area contributed by atoms with Crippen LogP contribution in [0.5, 0.6) is 5.88 Å². The third-order valence-corrected chi connectivity index (χ3v) is 5.35. The first kappa shape index (κ1) is 20.3. The van der Waals surface area contributed by atoms with E-state index in [0.717, 1.165) is 16.9 Å². The fraction of sp³-hybridized carbons (Fsp3) is 0.0909. The Bertz CT molecular complexity index is 1440. The van der Waals surface area contributed by atoms with E-state index in [1.54, 1.807) is 30.2 Å². The van der Waals surface area contributed by atoms with E-state index in [1.165, 1.54) is 0 Å². The van der Waals surface area contributed by atoms with E-state index in [4.69, 9.17) is 32.9 Å². The van der Waals surface area contributed by atoms with Crippen molar-refractivity contribution in [1.29, 1.82) is 0 Å². The van der Waals surface area contributed by atoms with E-state index >= 15 is 0 Å². The number of halogens is 2. The maximum atomic E-state index is 6.35. The second-order valence-electron chi connectivity index (χ2n) is 7.03. The summed E-state index contributed by atoms with van der Waals surface area (Å²) < 4.78 is 8.97. The lowest BCUT2D eigenvalue weighted by Crippen LogP contribution is -2.03. The summed E-state index contributed by atoms with van der Waals surface area (Å²) in [4.78, 5) is 13.6. The largest absolute Gasteiger partial charge is 0.479 e. The summed E-state index contributed by atoms with van der Waals surface area (Å²) in [5.74, 6) is 1.01. The van der Waals surface area contributed by atoms with Crippen LogP contribution in [0, 0.1) is 6.92 Å². The Morgan fingerprint density at radius 3 is 2.62 bits per heavy atom. The zero-order valence-corrected chi connectivity index (χ0v) is 18.6. The van der Waals surface area contributed by atoms with Crippen LogP contribution < -0.4 is 10.1 Å². The summed E-state index contributed by atoms with van der Waals surface area (Å²) >= 11 is 12.6. The van der Waals surface area contributed by atoms with Crippen LogP contribution in [0.3, 0.4) is 0 Å². The number of ether oxygens (including phenoxy) is 1. The number of nitrogens with one attached hydrogen (secondary N) is 1. The molecule has 5 rings (SSSR count). The summed E-state index contributed by atoms with van der Waals surface area (Å²) in [5, 5.41) is 8.50. The fourth-order valence-electron chi connectivity index (χ4n) is 3.38. The van der Waals surface area contributed by atoms with Crippen LogP contribution in [-0.4, -0.2) is 36.2 Å². The molecule has 0 saturated carbocycles. The van der Waals surface area contributed by atoms with Gasteiger partial charge in [0.1, 0.15) is 11.5 Å². The monoisotopic (exact) mass is 465 g/mol. The van der Waals surface area contributed by atoms with Crippen LogP contribution in [0.1, 0.15) is 5.69 Å². The maximum absolute atomic E-state index is 6.35. The molecule has 0 aliphatic heterocycles. The van der Waals surface area contributed by atoms with E-state index < -0.39 is 0 Å². The molecule has 1 aromatic carbocycles. The number of aromatic nitrogens is 6. The third kappa shape index (κ3) is 3.74. The van der Waals surface area contributed by atoms with Crippen LogP contribution in [0.25, 0.3) is 22.6 Å². The molecule has 5 aromatic rings. The highest BCUT2D eigenvalue weighted by Gasteiger charge is 2.15. The number of fused-ring (bicyclic) bond motifs is 1. The molecule has 1 N–H and O–H groups in total. The maximum Gasteiger partial charge on any atom is 0.240 e. The predicted molar refractivity (Wildman–Crippen MR) is 124 cm³/mol. The zero-order chi connectivity index (χ0) is 22.2. The Labute approximate surface area is 193 Å². The van der Waals surface area contributed by atoms with Gasteiger partial charge in [-0.05, 0) is 25.1 Å². The minimum Gasteiger partial charge on any atom is -0.479 e. The van der Waals surface area contributed by atoms with Crippen molar-refractivity contribution in [2.45, 2.75) is 6.92 Å². The quantitative estimate of drug-likeness (QED) is 0.376. The van der Waals surface area contributed by atoms with Crippen molar-refractivity contribution >= 4 is 40.4 Å². The highest BCUT2D eigenvalue weighted by Crippen LogP contribution is 2.31. The van der Waals surface area contributed by atoms with Gasteiger partial charge in [0.15, 0.2) is 10.8 Å². The Morgan fingerprint density at radius 1 is 1.03 bits per heavy atom. The van der Waals surface area contributed by atoms with Gasteiger partial charge in [0.25, 0.3) is 0 Å². The van der Waals surface area contributed by atoms with Crippen molar-refractivity contribution < 1.29 is 4.74 Å². The van der Waals surface area contributed by atoms with Crippen molar-refractivity contribution in [2.75, 3.05) is 12.4 Å². The van der Waals surface area contributed by atoms with Gasteiger partial charge in [0.05, 0.1) is 41.7 Å². The lowest BCUT2D eigenvalue weighted by Gasteiger charge is -2.12. The molecule has 0 radical (unpaired) electrons. The summed E-state index contributed by atoms with van der Waals surface area (Å²) in [6.07, 6.45) is 5.40. The number of anilines is 2. The lowest BCUT2D eigenvalue weighted by molar-refractivity contribution is 0.396. The molecule has 8 nitrogen and oxygen atoms in total. The van der Waals surface area contributed by atoms with E-state index in [0.29, 0.717) is 38.9 Å². The van der Waals surface area contributed by atoms with Gasteiger partial charge in [0, 0.05) is 17.8 Å². The number of aryl methyl sites for hydroxylation is 1. The molecule has 0 aliphatic rings. The summed E-state index contributed by atoms with van der Waals surface area (Å²) in [6.45, 7) is 1.92. The summed E-state index contributed by atoms with van der Waals surface area (Å²) in [6, 6.07) is 12.9. The van der Waals surface area contributed by atoms with Crippen molar-refractivity contribution in [1.82, 2.24) is 29.1 Å². The van der Waals surface area contributed by atoms with Crippen LogP contribution >= 0.6 is 23.2 Å². The first-order valence-corrected chi connectivity index (χ1v) is 10.4. The van der Waals surface area contributed by atoms with E-state index in [9.17, 15) is 0 Å². The summed E-state index contributed by atoms with van der Waals surface area (Å²) in [7, 11) is 1.57. The van der Waals surface area contributed by atoms with Crippen LogP contribution in [0.15, 0.2) is 61.2 Å². The van der Waals surface area contributed by atoms with Crippen molar-refractivity contribution in [2.24, 2.45) is 0 Å². The fourth-order valence-corrected chi connectivity index (χ4v) is 3.80. The predicted octanol–water partition coefficient (Wildman–Crippen LogP) is 5.34. The molecule has 10 heteroatoms. The first-order chi connectivity index (χ1) is 15.5. The molecule has 0 unspecified atom stereocenters. The molecule has 4 aromatic heterocycles. The minimum atomic E-state index is 0.306. The number of rotatable bonds is 5. The van der Waals surface area contributed by atoms with Crippen LogP contribution in [-0.2, 0) is 0 Å². The highest BCUT2D eigenvalue weighted by atomic mass is 35.5. The Hall–Kier alpha value is -3.62. The lowest BCUT2D eigenvalue weighted by atomic mass is 10.2. The number of benzene rings is 1. The zero-order valence-electron chi connectivity index (χ0n) is 17.1. The number of methoxy groups -OCH3 is 1. The first-order valence-electron chi connectivity index (χ1n) is 9.65. The molecule has 160 valence electrons. The van der Waals surface area contributed by atoms with Gasteiger partial charge in [-0.3, -0.25) is 0 Å². The number of pyridine rings is 1. The van der Waals surface area contributed by atoms with Crippen molar-refractivity contribution in [3.63, 3.8) is 0 Å². The second-order valence-corrected chi connectivity index (χ2v) is 7.82. The molecule has 32 heavy (non-hydrogen) atoms. The van der Waals surface area contributed by atoms with E-state index in [1.807, 2.05) is 54.1 Å². The standard InChI is InChI=1S/C22H17Cl2N7O/c1-13-10-30(12-25-13)18-7-8-20(28-22(18)32-2)26-16-9-19(24)29-31-11-17(27-21(16)31)14-5-3-4-6-15(14)23/h3-12H,1-2H3,(H,26,28).